The minimum Gasteiger partial charge on any atom is -0.490 e. The zero-order valence-corrected chi connectivity index (χ0v) is 24.0. The van der Waals surface area contributed by atoms with Crippen molar-refractivity contribution in [3.8, 4) is 28.3 Å². The largest absolute Gasteiger partial charge is 0.490 e. The molecule has 1 atom stereocenters. The van der Waals surface area contributed by atoms with Gasteiger partial charge >= 0.3 is 6.09 Å². The van der Waals surface area contributed by atoms with Gasteiger partial charge in [0, 0.05) is 36.7 Å². The molecule has 0 spiro atoms. The summed E-state index contributed by atoms with van der Waals surface area (Å²) in [7, 11) is 1.46. The number of aromatic nitrogens is 3. The van der Waals surface area contributed by atoms with E-state index in [0.717, 1.165) is 12.1 Å². The predicted molar refractivity (Wildman–Crippen MR) is 148 cm³/mol. The second-order valence-electron chi connectivity index (χ2n) is 10.6. The summed E-state index contributed by atoms with van der Waals surface area (Å²) in [5.74, 6) is -1.98. The maximum Gasteiger partial charge on any atom is 0.410 e. The standard InChI is InChI=1S/C28H29F3N4O5S/c1-14-19-13-18(33-35(19)7-6-34(14)27(37)40-28(2,3)4)24-22(16-12-21(31)41-25(16)26(36)32-24)23-17(30)10-15(29)11-20(23)39-9-8-38-5/h10-14H,6-9H2,1-5H3,(H,32,36)/t14-/m1/s1. The van der Waals surface area contributed by atoms with Crippen molar-refractivity contribution in [3.63, 3.8) is 0 Å². The average Bonchev–Trinajstić information content (AvgIpc) is 3.48. The van der Waals surface area contributed by atoms with Crippen LogP contribution < -0.4 is 10.3 Å². The number of carbonyl (C=O) groups excluding carboxylic acids is 1. The molecule has 9 nitrogen and oxygen atoms in total. The highest BCUT2D eigenvalue weighted by molar-refractivity contribution is 7.17. The number of hydrogen-bond donors (Lipinski definition) is 1. The molecule has 0 aliphatic carbocycles. The van der Waals surface area contributed by atoms with Crippen LogP contribution in [0.1, 0.15) is 39.4 Å². The van der Waals surface area contributed by atoms with Crippen molar-refractivity contribution >= 4 is 27.5 Å². The van der Waals surface area contributed by atoms with E-state index in [1.54, 1.807) is 36.4 Å². The zero-order chi connectivity index (χ0) is 29.6. The monoisotopic (exact) mass is 590 g/mol. The van der Waals surface area contributed by atoms with Crippen molar-refractivity contribution in [2.75, 3.05) is 26.9 Å². The lowest BCUT2D eigenvalue weighted by Gasteiger charge is -2.35. The molecule has 0 radical (unpaired) electrons. The molecule has 1 amide bonds. The minimum absolute atomic E-state index is 0.0109. The Hall–Kier alpha value is -3.84. The van der Waals surface area contributed by atoms with Gasteiger partial charge in [-0.15, -0.1) is 11.3 Å². The first-order valence-corrected chi connectivity index (χ1v) is 13.7. The van der Waals surface area contributed by atoms with E-state index in [9.17, 15) is 18.4 Å². The molecule has 4 heterocycles. The average molecular weight is 591 g/mol. The molecule has 1 aromatic carbocycles. The van der Waals surface area contributed by atoms with E-state index in [4.69, 9.17) is 14.2 Å². The SMILES string of the molecule is COCCOc1cc(F)cc(F)c1-c1c(-c2cc3n(n2)CCN(C(=O)OC(C)(C)C)[C@@H]3C)[nH]c(=O)c2sc(F)cc12. The number of nitrogens with one attached hydrogen (secondary N) is 1. The van der Waals surface area contributed by atoms with Crippen LogP contribution in [0.4, 0.5) is 18.0 Å². The van der Waals surface area contributed by atoms with Crippen LogP contribution >= 0.6 is 11.3 Å². The summed E-state index contributed by atoms with van der Waals surface area (Å²) in [6.07, 6.45) is -0.477. The molecule has 1 aliphatic rings. The lowest BCUT2D eigenvalue weighted by atomic mass is 9.96. The minimum atomic E-state index is -0.966. The van der Waals surface area contributed by atoms with Crippen molar-refractivity contribution in [1.29, 1.82) is 0 Å². The summed E-state index contributed by atoms with van der Waals surface area (Å²) >= 11 is 0.612. The topological polar surface area (TPSA) is 98.7 Å². The van der Waals surface area contributed by atoms with Crippen LogP contribution in [0.3, 0.4) is 0 Å². The number of methoxy groups -OCH3 is 1. The first kappa shape index (κ1) is 28.7. The fourth-order valence-corrected chi connectivity index (χ4v) is 5.66. The molecule has 0 unspecified atom stereocenters. The number of amides is 1. The van der Waals surface area contributed by atoms with Gasteiger partial charge in [0.05, 0.1) is 36.1 Å². The Labute approximate surface area is 237 Å². The molecular weight excluding hydrogens is 561 g/mol. The van der Waals surface area contributed by atoms with E-state index in [1.807, 2.05) is 6.92 Å². The summed E-state index contributed by atoms with van der Waals surface area (Å²) in [6.45, 7) is 7.97. The van der Waals surface area contributed by atoms with Gasteiger partial charge in [-0.2, -0.15) is 9.49 Å². The number of carbonyl (C=O) groups is 1. The Kier molecular flexibility index (Phi) is 7.60. The van der Waals surface area contributed by atoms with Gasteiger partial charge in [-0.1, -0.05) is 0 Å². The molecule has 1 N–H and O–H groups in total. The summed E-state index contributed by atoms with van der Waals surface area (Å²) < 4.78 is 62.4. The van der Waals surface area contributed by atoms with E-state index in [1.165, 1.54) is 7.11 Å². The second kappa shape index (κ2) is 10.9. The molecule has 13 heteroatoms. The Morgan fingerprint density at radius 3 is 2.59 bits per heavy atom. The Bertz CT molecular complexity index is 1690. The van der Waals surface area contributed by atoms with E-state index in [-0.39, 0.29) is 51.6 Å². The van der Waals surface area contributed by atoms with Crippen LogP contribution in [-0.4, -0.2) is 58.2 Å². The summed E-state index contributed by atoms with van der Waals surface area (Å²) in [6, 6.07) is 4.10. The molecular formula is C28H29F3N4O5S. The molecule has 41 heavy (non-hydrogen) atoms. The Morgan fingerprint density at radius 1 is 1.12 bits per heavy atom. The lowest BCUT2D eigenvalue weighted by Crippen LogP contribution is -2.43. The third-order valence-corrected chi connectivity index (χ3v) is 7.55. The molecule has 218 valence electrons. The van der Waals surface area contributed by atoms with Gasteiger partial charge in [-0.05, 0) is 39.8 Å². The van der Waals surface area contributed by atoms with E-state index >= 15 is 4.39 Å². The summed E-state index contributed by atoms with van der Waals surface area (Å²) in [5.41, 5.74) is -0.335. The van der Waals surface area contributed by atoms with Crippen LogP contribution in [0.2, 0.25) is 0 Å². The molecule has 0 fully saturated rings. The number of thiophene rings is 1. The molecule has 5 rings (SSSR count). The smallest absolute Gasteiger partial charge is 0.410 e. The van der Waals surface area contributed by atoms with Gasteiger partial charge < -0.3 is 19.2 Å². The van der Waals surface area contributed by atoms with Crippen molar-refractivity contribution in [1.82, 2.24) is 19.7 Å². The maximum atomic E-state index is 15.6. The molecule has 4 aromatic rings. The van der Waals surface area contributed by atoms with Crippen LogP contribution in [0.25, 0.3) is 32.6 Å². The van der Waals surface area contributed by atoms with Gasteiger partial charge in [-0.3, -0.25) is 14.4 Å². The van der Waals surface area contributed by atoms with Gasteiger partial charge in [0.15, 0.2) is 5.13 Å². The van der Waals surface area contributed by atoms with Gasteiger partial charge in [0.1, 0.15) is 40.0 Å². The van der Waals surface area contributed by atoms with Crippen molar-refractivity contribution in [2.45, 2.75) is 45.9 Å². The van der Waals surface area contributed by atoms with Gasteiger partial charge in [0.25, 0.3) is 5.56 Å². The molecule has 0 bridgehead atoms. The van der Waals surface area contributed by atoms with Crippen molar-refractivity contribution in [2.24, 2.45) is 0 Å². The number of aromatic amines is 1. The highest BCUT2D eigenvalue weighted by Crippen LogP contribution is 2.44. The number of hydrogen-bond acceptors (Lipinski definition) is 7. The van der Waals surface area contributed by atoms with Gasteiger partial charge in [-0.25, -0.2) is 13.6 Å². The molecule has 0 saturated heterocycles. The highest BCUT2D eigenvalue weighted by Gasteiger charge is 2.33. The quantitative estimate of drug-likeness (QED) is 0.282. The van der Waals surface area contributed by atoms with Crippen LogP contribution in [0.5, 0.6) is 5.75 Å². The van der Waals surface area contributed by atoms with Crippen LogP contribution in [0, 0.1) is 16.8 Å². The lowest BCUT2D eigenvalue weighted by molar-refractivity contribution is 0.0120. The number of pyridine rings is 1. The normalized spacial score (nSPS) is 15.3. The van der Waals surface area contributed by atoms with E-state index in [2.05, 4.69) is 10.1 Å². The van der Waals surface area contributed by atoms with Crippen molar-refractivity contribution in [3.05, 3.63) is 57.1 Å². The highest BCUT2D eigenvalue weighted by atomic mass is 32.1. The zero-order valence-electron chi connectivity index (χ0n) is 23.1. The first-order valence-electron chi connectivity index (χ1n) is 12.9. The Balaban J connectivity index is 1.69. The predicted octanol–water partition coefficient (Wildman–Crippen LogP) is 5.87. The maximum absolute atomic E-state index is 15.6. The van der Waals surface area contributed by atoms with E-state index in [0.29, 0.717) is 36.2 Å². The van der Waals surface area contributed by atoms with Crippen LogP contribution in [-0.2, 0) is 16.0 Å². The fourth-order valence-electron chi connectivity index (χ4n) is 4.87. The Morgan fingerprint density at radius 2 is 1.88 bits per heavy atom. The van der Waals surface area contributed by atoms with E-state index < -0.39 is 40.1 Å². The summed E-state index contributed by atoms with van der Waals surface area (Å²) in [4.78, 5) is 30.2. The number of rotatable bonds is 6. The number of H-pyrrole nitrogens is 1. The fraction of sp³-hybridized carbons (Fsp3) is 0.393. The number of nitrogens with zero attached hydrogens (tertiary/aromatic N) is 3. The molecule has 0 saturated carbocycles. The third-order valence-electron chi connectivity index (χ3n) is 6.62. The molecule has 3 aromatic heterocycles. The third kappa shape index (κ3) is 5.55. The van der Waals surface area contributed by atoms with Crippen LogP contribution in [0.15, 0.2) is 29.1 Å². The molecule has 1 aliphatic heterocycles. The first-order chi connectivity index (χ1) is 19.4. The number of ether oxygens (including phenoxy) is 3. The summed E-state index contributed by atoms with van der Waals surface area (Å²) in [5, 5.41) is 4.13. The number of benzene rings is 1. The van der Waals surface area contributed by atoms with Crippen molar-refractivity contribution < 1.29 is 32.2 Å². The van der Waals surface area contributed by atoms with Gasteiger partial charge in [0.2, 0.25) is 0 Å². The number of halogens is 3. The second-order valence-corrected chi connectivity index (χ2v) is 11.6. The number of fused-ring (bicyclic) bond motifs is 2.